The van der Waals surface area contributed by atoms with Crippen LogP contribution in [-0.2, 0) is 11.2 Å². The lowest BCUT2D eigenvalue weighted by Crippen LogP contribution is -2.39. The number of carbonyl (C=O) groups excluding carboxylic acids is 1. The van der Waals surface area contributed by atoms with Crippen LogP contribution in [0.1, 0.15) is 30.6 Å². The van der Waals surface area contributed by atoms with E-state index >= 15 is 0 Å². The number of carbonyl (C=O) groups is 1. The number of hydrogen-bond donors (Lipinski definition) is 0. The predicted molar refractivity (Wildman–Crippen MR) is 82.9 cm³/mol. The van der Waals surface area contributed by atoms with Gasteiger partial charge in [-0.3, -0.25) is 9.78 Å². The van der Waals surface area contributed by atoms with Crippen molar-refractivity contribution in [2.45, 2.75) is 25.8 Å². The molecule has 0 bridgehead atoms. The number of allylic oxidation sites excluding steroid dienone is 1. The number of amides is 1. The minimum Gasteiger partial charge on any atom is -0.343 e. The van der Waals surface area contributed by atoms with Gasteiger partial charge >= 0.3 is 0 Å². The molecule has 3 heterocycles. The molecule has 2 atom stereocenters. The summed E-state index contributed by atoms with van der Waals surface area (Å²) in [6, 6.07) is 2.49. The van der Waals surface area contributed by atoms with Crippen molar-refractivity contribution in [2.24, 2.45) is 5.92 Å². The summed E-state index contributed by atoms with van der Waals surface area (Å²) in [6.45, 7) is 3.96. The van der Waals surface area contributed by atoms with Crippen molar-refractivity contribution in [1.29, 1.82) is 0 Å². The van der Waals surface area contributed by atoms with Crippen LogP contribution in [0.25, 0.3) is 17.0 Å². The van der Waals surface area contributed by atoms with Gasteiger partial charge in [0.25, 0.3) is 0 Å². The first-order valence-electron chi connectivity index (χ1n) is 7.62. The van der Waals surface area contributed by atoms with Crippen molar-refractivity contribution >= 4 is 23.4 Å². The molecule has 0 radical (unpaired) electrons. The van der Waals surface area contributed by atoms with Gasteiger partial charge in [-0.2, -0.15) is 0 Å². The zero-order valence-corrected chi connectivity index (χ0v) is 12.2. The molecule has 0 spiro atoms. The molecule has 4 nitrogen and oxygen atoms in total. The van der Waals surface area contributed by atoms with E-state index in [1.54, 1.807) is 0 Å². The molecule has 4 rings (SSSR count). The lowest BCUT2D eigenvalue weighted by atomic mass is 9.93. The van der Waals surface area contributed by atoms with E-state index in [1.165, 1.54) is 16.5 Å². The molecule has 21 heavy (non-hydrogen) atoms. The molecule has 1 fully saturated rings. The molecule has 108 valence electrons. The lowest BCUT2D eigenvalue weighted by Gasteiger charge is -2.36. The van der Waals surface area contributed by atoms with E-state index < -0.39 is 0 Å². The van der Waals surface area contributed by atoms with Crippen molar-refractivity contribution < 1.29 is 4.79 Å². The second kappa shape index (κ2) is 4.72. The zero-order chi connectivity index (χ0) is 14.4. The number of likely N-dealkylation sites (tertiary alicyclic amines) is 1. The van der Waals surface area contributed by atoms with Gasteiger partial charge in [0.1, 0.15) is 0 Å². The lowest BCUT2D eigenvalue weighted by molar-refractivity contribution is -0.120. The zero-order valence-electron chi connectivity index (χ0n) is 12.2. The topological polar surface area (TPSA) is 38.1 Å². The Morgan fingerprint density at radius 1 is 1.43 bits per heavy atom. The Morgan fingerprint density at radius 2 is 2.33 bits per heavy atom. The molecule has 2 aromatic heterocycles. The summed E-state index contributed by atoms with van der Waals surface area (Å²) in [7, 11) is 0. The molecule has 1 aliphatic heterocycles. The molecule has 0 aromatic carbocycles. The first-order valence-corrected chi connectivity index (χ1v) is 7.62. The maximum atomic E-state index is 11.1. The predicted octanol–water partition coefficient (Wildman–Crippen LogP) is 2.64. The first kappa shape index (κ1) is 12.6. The van der Waals surface area contributed by atoms with Crippen molar-refractivity contribution in [2.75, 3.05) is 13.1 Å². The Labute approximate surface area is 124 Å². The summed E-state index contributed by atoms with van der Waals surface area (Å²) in [4.78, 5) is 17.6. The monoisotopic (exact) mass is 281 g/mol. The van der Waals surface area contributed by atoms with Crippen LogP contribution in [0.3, 0.4) is 0 Å². The highest BCUT2D eigenvalue weighted by Gasteiger charge is 2.28. The van der Waals surface area contributed by atoms with Crippen LogP contribution in [0.4, 0.5) is 0 Å². The SMILES string of the molecule is C[C@@H]1CCN(C=O)C[C@@H]1n1ccc2cnc3c(c21)C=CC3. The van der Waals surface area contributed by atoms with Crippen LogP contribution in [0.15, 0.2) is 24.5 Å². The molecule has 0 N–H and O–H groups in total. The van der Waals surface area contributed by atoms with E-state index in [2.05, 4.69) is 40.9 Å². The molecule has 2 aromatic rings. The molecule has 2 aliphatic rings. The van der Waals surface area contributed by atoms with Crippen molar-refractivity contribution in [3.63, 3.8) is 0 Å². The van der Waals surface area contributed by atoms with E-state index in [9.17, 15) is 4.79 Å². The third-order valence-electron chi connectivity index (χ3n) is 4.92. The van der Waals surface area contributed by atoms with E-state index in [-0.39, 0.29) is 0 Å². The van der Waals surface area contributed by atoms with Gasteiger partial charge in [-0.15, -0.1) is 0 Å². The summed E-state index contributed by atoms with van der Waals surface area (Å²) < 4.78 is 2.37. The van der Waals surface area contributed by atoms with Crippen molar-refractivity contribution in [3.05, 3.63) is 35.8 Å². The molecular weight excluding hydrogens is 262 g/mol. The highest BCUT2D eigenvalue weighted by atomic mass is 16.1. The van der Waals surface area contributed by atoms with Crippen LogP contribution in [0.2, 0.25) is 0 Å². The Hall–Kier alpha value is -2.10. The van der Waals surface area contributed by atoms with Crippen LogP contribution in [-0.4, -0.2) is 34.0 Å². The first-order chi connectivity index (χ1) is 10.3. The molecule has 1 amide bonds. The van der Waals surface area contributed by atoms with Gasteiger partial charge in [-0.25, -0.2) is 0 Å². The smallest absolute Gasteiger partial charge is 0.209 e. The highest BCUT2D eigenvalue weighted by molar-refractivity contribution is 5.90. The number of rotatable bonds is 2. The Bertz CT molecular complexity index is 731. The number of fused-ring (bicyclic) bond motifs is 3. The van der Waals surface area contributed by atoms with Gasteiger partial charge in [0.2, 0.25) is 6.41 Å². The van der Waals surface area contributed by atoms with E-state index in [0.717, 1.165) is 38.0 Å². The number of hydrogen-bond acceptors (Lipinski definition) is 2. The van der Waals surface area contributed by atoms with E-state index in [0.29, 0.717) is 12.0 Å². The second-order valence-corrected chi connectivity index (χ2v) is 6.19. The average Bonchev–Trinajstić information content (AvgIpc) is 3.13. The molecule has 0 unspecified atom stereocenters. The maximum Gasteiger partial charge on any atom is 0.209 e. The maximum absolute atomic E-state index is 11.1. The third-order valence-corrected chi connectivity index (χ3v) is 4.92. The largest absolute Gasteiger partial charge is 0.343 e. The Kier molecular flexibility index (Phi) is 2.84. The number of pyridine rings is 1. The third kappa shape index (κ3) is 1.89. The second-order valence-electron chi connectivity index (χ2n) is 6.19. The summed E-state index contributed by atoms with van der Waals surface area (Å²) in [5, 5.41) is 1.19. The fourth-order valence-corrected chi connectivity index (χ4v) is 3.65. The van der Waals surface area contributed by atoms with Gasteiger partial charge in [-0.1, -0.05) is 19.1 Å². The van der Waals surface area contributed by atoms with Crippen molar-refractivity contribution in [3.8, 4) is 0 Å². The average molecular weight is 281 g/mol. The fourth-order valence-electron chi connectivity index (χ4n) is 3.65. The van der Waals surface area contributed by atoms with Gasteiger partial charge < -0.3 is 9.47 Å². The molecule has 1 saturated heterocycles. The van der Waals surface area contributed by atoms with E-state index in [1.807, 2.05) is 11.1 Å². The normalized spacial score (nSPS) is 24.5. The Morgan fingerprint density at radius 3 is 3.19 bits per heavy atom. The minimum atomic E-state index is 0.349. The number of aromatic nitrogens is 2. The Balaban J connectivity index is 1.84. The molecular formula is C17H19N3O. The standard InChI is InChI=1S/C17H19N3O/c1-12-5-7-19(11-21)10-16(12)20-8-6-13-9-18-15-4-2-3-14(15)17(13)20/h2-3,6,8-9,11-12,16H,4-5,7,10H2,1H3/t12-,16+/m1/s1. The number of nitrogens with zero attached hydrogens (tertiary/aromatic N) is 3. The van der Waals surface area contributed by atoms with Crippen LogP contribution >= 0.6 is 0 Å². The summed E-state index contributed by atoms with van der Waals surface area (Å²) in [5.41, 5.74) is 3.70. The molecule has 0 saturated carbocycles. The van der Waals surface area contributed by atoms with Gasteiger partial charge in [0.15, 0.2) is 0 Å². The summed E-state index contributed by atoms with van der Waals surface area (Å²) in [6.07, 6.45) is 11.5. The van der Waals surface area contributed by atoms with Crippen molar-refractivity contribution in [1.82, 2.24) is 14.5 Å². The van der Waals surface area contributed by atoms with Crippen LogP contribution in [0.5, 0.6) is 0 Å². The molecule has 4 heteroatoms. The summed E-state index contributed by atoms with van der Waals surface area (Å²) >= 11 is 0. The quantitative estimate of drug-likeness (QED) is 0.794. The van der Waals surface area contributed by atoms with Gasteiger partial charge in [-0.05, 0) is 18.4 Å². The summed E-state index contributed by atoms with van der Waals surface area (Å²) in [5.74, 6) is 0.575. The van der Waals surface area contributed by atoms with Crippen LogP contribution in [0, 0.1) is 5.92 Å². The molecule has 1 aliphatic carbocycles. The van der Waals surface area contributed by atoms with Crippen LogP contribution < -0.4 is 0 Å². The minimum absolute atomic E-state index is 0.349. The van der Waals surface area contributed by atoms with Gasteiger partial charge in [0, 0.05) is 42.9 Å². The van der Waals surface area contributed by atoms with Gasteiger partial charge in [0.05, 0.1) is 17.3 Å². The fraction of sp³-hybridized carbons (Fsp3) is 0.412. The van der Waals surface area contributed by atoms with E-state index in [4.69, 9.17) is 0 Å². The highest BCUT2D eigenvalue weighted by Crippen LogP contribution is 2.34. The number of piperidine rings is 1.